The number of aromatic nitrogens is 1. The van der Waals surface area contributed by atoms with Crippen LogP contribution in [0.5, 0.6) is 5.75 Å². The summed E-state index contributed by atoms with van der Waals surface area (Å²) in [6, 6.07) is 13.6. The highest BCUT2D eigenvalue weighted by atomic mass is 32.1. The Kier molecular flexibility index (Phi) is 4.48. The zero-order valence-electron chi connectivity index (χ0n) is 13.7. The minimum Gasteiger partial charge on any atom is -0.489 e. The Balaban J connectivity index is 1.37. The van der Waals surface area contributed by atoms with Crippen LogP contribution in [0.15, 0.2) is 54.0 Å². The number of fused-ring (bicyclic) bond motifs is 1. The van der Waals surface area contributed by atoms with Gasteiger partial charge in [0.2, 0.25) is 0 Å². The molecule has 2 heterocycles. The van der Waals surface area contributed by atoms with Gasteiger partial charge >= 0.3 is 0 Å². The van der Waals surface area contributed by atoms with Gasteiger partial charge in [0, 0.05) is 11.8 Å². The Labute approximate surface area is 150 Å². The fourth-order valence-corrected chi connectivity index (χ4v) is 3.78. The fraction of sp³-hybridized carbons (Fsp3) is 0.200. The van der Waals surface area contributed by atoms with Crippen LogP contribution in [-0.2, 0) is 19.4 Å². The van der Waals surface area contributed by atoms with Gasteiger partial charge in [-0.2, -0.15) is 0 Å². The number of aryl methyl sites for hydroxylation is 2. The molecule has 1 aliphatic carbocycles. The maximum atomic E-state index is 12.2. The molecular weight excluding hydrogens is 332 g/mol. The number of nitrogens with one attached hydrogen (secondary N) is 1. The van der Waals surface area contributed by atoms with E-state index in [0.29, 0.717) is 17.3 Å². The van der Waals surface area contributed by atoms with Gasteiger partial charge in [-0.1, -0.05) is 12.1 Å². The quantitative estimate of drug-likeness (QED) is 0.739. The third-order valence-corrected chi connectivity index (χ3v) is 5.24. The molecular formula is C20H18N2O2S. The first-order valence-electron chi connectivity index (χ1n) is 8.32. The first kappa shape index (κ1) is 15.8. The first-order valence-corrected chi connectivity index (χ1v) is 9.20. The van der Waals surface area contributed by atoms with E-state index in [9.17, 15) is 4.79 Å². The van der Waals surface area contributed by atoms with E-state index < -0.39 is 0 Å². The zero-order valence-corrected chi connectivity index (χ0v) is 14.5. The topological polar surface area (TPSA) is 51.2 Å². The molecule has 3 aromatic rings. The Morgan fingerprint density at radius 1 is 1.16 bits per heavy atom. The highest BCUT2D eigenvalue weighted by Gasteiger charge is 2.12. The van der Waals surface area contributed by atoms with Crippen LogP contribution in [0.2, 0.25) is 0 Å². The molecule has 4 nitrogen and oxygen atoms in total. The van der Waals surface area contributed by atoms with E-state index in [-0.39, 0.29) is 5.91 Å². The Hall–Kier alpha value is -2.66. The van der Waals surface area contributed by atoms with Crippen molar-refractivity contribution in [2.45, 2.75) is 25.9 Å². The summed E-state index contributed by atoms with van der Waals surface area (Å²) in [5, 5.41) is 4.75. The normalized spacial score (nSPS) is 12.6. The van der Waals surface area contributed by atoms with Crippen molar-refractivity contribution in [1.82, 2.24) is 4.98 Å². The number of benzene rings is 1. The van der Waals surface area contributed by atoms with Crippen molar-refractivity contribution < 1.29 is 9.53 Å². The molecule has 0 saturated carbocycles. The molecule has 0 saturated heterocycles. The Bertz CT molecular complexity index is 890. The lowest BCUT2D eigenvalue weighted by Crippen LogP contribution is -2.11. The van der Waals surface area contributed by atoms with Crippen molar-refractivity contribution in [2.75, 3.05) is 5.32 Å². The molecule has 1 amide bonds. The van der Waals surface area contributed by atoms with Crippen LogP contribution in [0.3, 0.4) is 0 Å². The van der Waals surface area contributed by atoms with Gasteiger partial charge in [0.15, 0.2) is 0 Å². The number of nitrogens with zero attached hydrogens (tertiary/aromatic N) is 1. The van der Waals surface area contributed by atoms with Gasteiger partial charge in [-0.3, -0.25) is 4.79 Å². The second-order valence-corrected chi connectivity index (χ2v) is 6.97. The molecule has 1 N–H and O–H groups in total. The van der Waals surface area contributed by atoms with Gasteiger partial charge in [0.1, 0.15) is 18.2 Å². The zero-order chi connectivity index (χ0) is 17.1. The molecule has 4 rings (SSSR count). The van der Waals surface area contributed by atoms with Gasteiger partial charge in [-0.05, 0) is 66.1 Å². The average molecular weight is 350 g/mol. The number of amides is 1. The predicted molar refractivity (Wildman–Crippen MR) is 99.3 cm³/mol. The van der Waals surface area contributed by atoms with Crippen LogP contribution >= 0.6 is 11.3 Å². The summed E-state index contributed by atoms with van der Waals surface area (Å²) in [5.41, 5.74) is 3.84. The summed E-state index contributed by atoms with van der Waals surface area (Å²) in [7, 11) is 0. The van der Waals surface area contributed by atoms with Crippen LogP contribution in [0.4, 0.5) is 5.82 Å². The first-order chi connectivity index (χ1) is 12.3. The monoisotopic (exact) mass is 350 g/mol. The molecule has 1 aliphatic rings. The number of thiophene rings is 1. The SMILES string of the molecule is O=C(Nc1ccccn1)c1cc(COc2ccc3c(c2)CCC3)cs1. The van der Waals surface area contributed by atoms with E-state index in [4.69, 9.17) is 4.74 Å². The summed E-state index contributed by atoms with van der Waals surface area (Å²) >= 11 is 1.41. The molecule has 5 heteroatoms. The number of ether oxygens (including phenoxy) is 1. The lowest BCUT2D eigenvalue weighted by Gasteiger charge is -2.07. The van der Waals surface area contributed by atoms with Crippen molar-refractivity contribution in [1.29, 1.82) is 0 Å². The van der Waals surface area contributed by atoms with Gasteiger partial charge in [0.05, 0.1) is 4.88 Å². The highest BCUT2D eigenvalue weighted by molar-refractivity contribution is 7.12. The minimum atomic E-state index is -0.146. The molecule has 0 radical (unpaired) electrons. The van der Waals surface area contributed by atoms with E-state index in [1.165, 1.54) is 35.3 Å². The van der Waals surface area contributed by atoms with Gasteiger partial charge < -0.3 is 10.1 Å². The number of rotatable bonds is 5. The fourth-order valence-electron chi connectivity index (χ4n) is 2.99. The van der Waals surface area contributed by atoms with E-state index in [1.807, 2.05) is 29.6 Å². The van der Waals surface area contributed by atoms with Gasteiger partial charge in [-0.15, -0.1) is 11.3 Å². The van der Waals surface area contributed by atoms with Gasteiger partial charge in [-0.25, -0.2) is 4.98 Å². The van der Waals surface area contributed by atoms with Crippen molar-refractivity contribution in [3.8, 4) is 5.75 Å². The van der Waals surface area contributed by atoms with E-state index in [1.54, 1.807) is 12.3 Å². The molecule has 0 spiro atoms. The summed E-state index contributed by atoms with van der Waals surface area (Å²) in [6.45, 7) is 0.464. The van der Waals surface area contributed by atoms with Crippen LogP contribution in [0.1, 0.15) is 32.8 Å². The third-order valence-electron chi connectivity index (χ3n) is 4.26. The standard InChI is InChI=1S/C20H18N2O2S/c23-20(22-19-6-1-2-9-21-19)18-10-14(13-25-18)12-24-17-8-7-15-4-3-5-16(15)11-17/h1-2,6-11,13H,3-5,12H2,(H,21,22,23). The van der Waals surface area contributed by atoms with E-state index >= 15 is 0 Å². The molecule has 0 aliphatic heterocycles. The van der Waals surface area contributed by atoms with Crippen LogP contribution in [-0.4, -0.2) is 10.9 Å². The molecule has 126 valence electrons. The number of hydrogen-bond acceptors (Lipinski definition) is 4. The lowest BCUT2D eigenvalue weighted by molar-refractivity contribution is 0.103. The molecule has 0 fully saturated rings. The minimum absolute atomic E-state index is 0.146. The maximum Gasteiger partial charge on any atom is 0.266 e. The number of carbonyl (C=O) groups excluding carboxylic acids is 1. The molecule has 0 bridgehead atoms. The van der Waals surface area contributed by atoms with Crippen molar-refractivity contribution >= 4 is 23.1 Å². The number of carbonyl (C=O) groups is 1. The van der Waals surface area contributed by atoms with E-state index in [0.717, 1.165) is 17.7 Å². The number of hydrogen-bond donors (Lipinski definition) is 1. The molecule has 1 aromatic carbocycles. The molecule has 25 heavy (non-hydrogen) atoms. The molecule has 0 atom stereocenters. The van der Waals surface area contributed by atoms with Crippen molar-refractivity contribution in [2.24, 2.45) is 0 Å². The number of pyridine rings is 1. The Morgan fingerprint density at radius 2 is 2.08 bits per heavy atom. The highest BCUT2D eigenvalue weighted by Crippen LogP contribution is 2.27. The third kappa shape index (κ3) is 3.72. The second-order valence-electron chi connectivity index (χ2n) is 6.06. The van der Waals surface area contributed by atoms with Crippen LogP contribution in [0, 0.1) is 0 Å². The second kappa shape index (κ2) is 7.07. The molecule has 0 unspecified atom stereocenters. The molecule has 2 aromatic heterocycles. The summed E-state index contributed by atoms with van der Waals surface area (Å²) in [6.07, 6.45) is 5.20. The van der Waals surface area contributed by atoms with E-state index in [2.05, 4.69) is 22.4 Å². The summed E-state index contributed by atoms with van der Waals surface area (Å²) in [5.74, 6) is 1.30. The van der Waals surface area contributed by atoms with Crippen molar-refractivity contribution in [3.05, 3.63) is 75.6 Å². The largest absolute Gasteiger partial charge is 0.489 e. The van der Waals surface area contributed by atoms with Crippen LogP contribution < -0.4 is 10.1 Å². The average Bonchev–Trinajstić information content (AvgIpc) is 3.29. The van der Waals surface area contributed by atoms with Crippen molar-refractivity contribution in [3.63, 3.8) is 0 Å². The van der Waals surface area contributed by atoms with Gasteiger partial charge in [0.25, 0.3) is 5.91 Å². The summed E-state index contributed by atoms with van der Waals surface area (Å²) < 4.78 is 5.89. The smallest absolute Gasteiger partial charge is 0.266 e. The number of anilines is 1. The Morgan fingerprint density at radius 3 is 2.96 bits per heavy atom. The summed E-state index contributed by atoms with van der Waals surface area (Å²) in [4.78, 5) is 17.0. The van der Waals surface area contributed by atoms with Crippen LogP contribution in [0.25, 0.3) is 0 Å². The lowest BCUT2D eigenvalue weighted by atomic mass is 10.1. The predicted octanol–water partition coefficient (Wildman–Crippen LogP) is 4.46. The maximum absolute atomic E-state index is 12.2.